The first-order valence-electron chi connectivity index (χ1n) is 14.1. The summed E-state index contributed by atoms with van der Waals surface area (Å²) in [5.41, 5.74) is 5.83. The number of benzene rings is 3. The summed E-state index contributed by atoms with van der Waals surface area (Å²) < 4.78 is 29.5. The number of thiazole rings is 1. The van der Waals surface area contributed by atoms with Crippen molar-refractivity contribution >= 4 is 60.7 Å². The van der Waals surface area contributed by atoms with Crippen LogP contribution in [0.4, 0.5) is 10.8 Å². The fraction of sp³-hybridized carbons (Fsp3) is 0.355. The van der Waals surface area contributed by atoms with Crippen molar-refractivity contribution in [2.24, 2.45) is 0 Å². The van der Waals surface area contributed by atoms with E-state index in [9.17, 15) is 13.2 Å². The van der Waals surface area contributed by atoms with Crippen LogP contribution in [-0.4, -0.2) is 70.0 Å². The Labute approximate surface area is 257 Å². The average Bonchev–Trinajstić information content (AvgIpc) is 3.46. The van der Waals surface area contributed by atoms with E-state index in [2.05, 4.69) is 41.1 Å². The molecule has 0 unspecified atom stereocenters. The summed E-state index contributed by atoms with van der Waals surface area (Å²) in [5.74, 6) is -0.198. The molecule has 6 rings (SSSR count). The number of para-hydroxylation sites is 1. The molecule has 0 spiro atoms. The monoisotopic (exact) mass is 625 g/mol. The number of sulfonamides is 1. The van der Waals surface area contributed by atoms with Crippen LogP contribution in [0.25, 0.3) is 10.2 Å². The van der Waals surface area contributed by atoms with Gasteiger partial charge in [0.25, 0.3) is 15.9 Å². The van der Waals surface area contributed by atoms with E-state index in [1.165, 1.54) is 32.3 Å². The SMILES string of the molecule is Cc1ccc(C)c2sc(N3CCN(CCNC(=O)c4ccc(S(=O)(=O)N5CCCc6ccccc65)cc4)CC3)nc12.Cl. The molecule has 2 aliphatic heterocycles. The molecule has 0 aliphatic carbocycles. The van der Waals surface area contributed by atoms with Gasteiger partial charge in [-0.3, -0.25) is 14.0 Å². The van der Waals surface area contributed by atoms with Gasteiger partial charge in [0.05, 0.1) is 20.8 Å². The summed E-state index contributed by atoms with van der Waals surface area (Å²) in [4.78, 5) is 22.6. The smallest absolute Gasteiger partial charge is 0.264 e. The molecule has 0 bridgehead atoms. The highest BCUT2D eigenvalue weighted by molar-refractivity contribution is 7.92. The standard InChI is InChI=1S/C31H35N5O3S2.ClH/c1-22-9-10-23(2)29-28(22)33-31(40-29)35-20-18-34(19-21-35)17-15-32-30(37)25-11-13-26(14-12-25)41(38,39)36-16-5-7-24-6-3-4-8-27(24)36;/h3-4,6,8-14H,5,7,15-21H2,1-2H3,(H,32,37);1H. The van der Waals surface area contributed by atoms with Crippen molar-refractivity contribution in [2.75, 3.05) is 55.0 Å². The highest BCUT2D eigenvalue weighted by Gasteiger charge is 2.29. The number of carbonyl (C=O) groups excluding carboxylic acids is 1. The number of piperazine rings is 1. The summed E-state index contributed by atoms with van der Waals surface area (Å²) >= 11 is 1.77. The maximum Gasteiger partial charge on any atom is 0.264 e. The Bertz CT molecular complexity index is 1640. The molecule has 11 heteroatoms. The van der Waals surface area contributed by atoms with Crippen LogP contribution in [-0.2, 0) is 16.4 Å². The second-order valence-electron chi connectivity index (χ2n) is 10.8. The highest BCUT2D eigenvalue weighted by atomic mass is 35.5. The second-order valence-corrected chi connectivity index (χ2v) is 13.6. The number of anilines is 2. The lowest BCUT2D eigenvalue weighted by Crippen LogP contribution is -2.48. The van der Waals surface area contributed by atoms with Gasteiger partial charge in [-0.25, -0.2) is 13.4 Å². The van der Waals surface area contributed by atoms with Crippen LogP contribution in [0, 0.1) is 13.8 Å². The molecule has 1 fully saturated rings. The second kappa shape index (κ2) is 12.6. The van der Waals surface area contributed by atoms with Crippen molar-refractivity contribution in [3.8, 4) is 0 Å². The van der Waals surface area contributed by atoms with Gasteiger partial charge in [0.15, 0.2) is 5.13 Å². The lowest BCUT2D eigenvalue weighted by Gasteiger charge is -2.34. The van der Waals surface area contributed by atoms with E-state index in [0.717, 1.165) is 67.5 Å². The van der Waals surface area contributed by atoms with Crippen LogP contribution < -0.4 is 14.5 Å². The van der Waals surface area contributed by atoms with Crippen LogP contribution >= 0.6 is 23.7 Å². The molecule has 4 aromatic rings. The fourth-order valence-electron chi connectivity index (χ4n) is 5.63. The molecular formula is C31H36ClN5O3S2. The average molecular weight is 626 g/mol. The maximum atomic E-state index is 13.4. The molecule has 222 valence electrons. The van der Waals surface area contributed by atoms with Gasteiger partial charge in [-0.2, -0.15) is 0 Å². The van der Waals surface area contributed by atoms with Crippen molar-refractivity contribution in [3.63, 3.8) is 0 Å². The van der Waals surface area contributed by atoms with E-state index in [0.29, 0.717) is 18.7 Å². The minimum atomic E-state index is -3.70. The zero-order valence-corrected chi connectivity index (χ0v) is 26.3. The minimum Gasteiger partial charge on any atom is -0.351 e. The Morgan fingerprint density at radius 3 is 2.38 bits per heavy atom. The van der Waals surface area contributed by atoms with Crippen LogP contribution in [0.15, 0.2) is 65.6 Å². The predicted molar refractivity (Wildman–Crippen MR) is 173 cm³/mol. The number of hydrogen-bond donors (Lipinski definition) is 1. The van der Waals surface area contributed by atoms with E-state index >= 15 is 0 Å². The molecule has 1 N–H and O–H groups in total. The molecule has 0 atom stereocenters. The van der Waals surface area contributed by atoms with Gasteiger partial charge in [0.1, 0.15) is 0 Å². The van der Waals surface area contributed by atoms with Crippen LogP contribution in [0.1, 0.15) is 33.5 Å². The quantitative estimate of drug-likeness (QED) is 0.310. The molecule has 0 radical (unpaired) electrons. The molecule has 0 saturated carbocycles. The Morgan fingerprint density at radius 1 is 0.929 bits per heavy atom. The Morgan fingerprint density at radius 2 is 1.64 bits per heavy atom. The van der Waals surface area contributed by atoms with E-state index in [4.69, 9.17) is 4.98 Å². The first-order chi connectivity index (χ1) is 19.8. The maximum absolute atomic E-state index is 13.4. The third kappa shape index (κ3) is 5.99. The number of fused-ring (bicyclic) bond motifs is 2. The number of aromatic nitrogens is 1. The summed E-state index contributed by atoms with van der Waals surface area (Å²) in [7, 11) is -3.70. The number of halogens is 1. The third-order valence-electron chi connectivity index (χ3n) is 8.06. The number of nitrogens with one attached hydrogen (secondary N) is 1. The molecule has 42 heavy (non-hydrogen) atoms. The molecule has 2 aliphatic rings. The zero-order chi connectivity index (χ0) is 28.6. The lowest BCUT2D eigenvalue weighted by atomic mass is 10.0. The van der Waals surface area contributed by atoms with Gasteiger partial charge in [-0.1, -0.05) is 41.7 Å². The van der Waals surface area contributed by atoms with Gasteiger partial charge in [-0.15, -0.1) is 12.4 Å². The van der Waals surface area contributed by atoms with Gasteiger partial charge in [0, 0.05) is 51.4 Å². The Hall–Kier alpha value is -3.18. The molecule has 3 aromatic carbocycles. The number of aryl methyl sites for hydroxylation is 3. The predicted octanol–water partition coefficient (Wildman–Crippen LogP) is 5.03. The van der Waals surface area contributed by atoms with Gasteiger partial charge in [0.2, 0.25) is 0 Å². The molecule has 3 heterocycles. The molecule has 1 amide bonds. The summed E-state index contributed by atoms with van der Waals surface area (Å²) in [6.07, 6.45) is 1.66. The van der Waals surface area contributed by atoms with Gasteiger partial charge < -0.3 is 10.2 Å². The third-order valence-corrected chi connectivity index (χ3v) is 11.1. The molecule has 1 aromatic heterocycles. The first kappa shape index (κ1) is 30.3. The van der Waals surface area contributed by atoms with Gasteiger partial charge in [-0.05, 0) is 73.7 Å². The normalized spacial score (nSPS) is 15.8. The summed E-state index contributed by atoms with van der Waals surface area (Å²) in [6, 6.07) is 18.2. The summed E-state index contributed by atoms with van der Waals surface area (Å²) in [5, 5.41) is 4.07. The fourth-order valence-corrected chi connectivity index (χ4v) is 8.33. The Balaban J connectivity index is 0.00000353. The number of hydrogen-bond acceptors (Lipinski definition) is 7. The zero-order valence-electron chi connectivity index (χ0n) is 23.9. The van der Waals surface area contributed by atoms with Crippen molar-refractivity contribution < 1.29 is 13.2 Å². The number of amides is 1. The van der Waals surface area contributed by atoms with Crippen molar-refractivity contribution in [1.82, 2.24) is 15.2 Å². The highest BCUT2D eigenvalue weighted by Crippen LogP contribution is 2.34. The van der Waals surface area contributed by atoms with Crippen LogP contribution in [0.2, 0.25) is 0 Å². The van der Waals surface area contributed by atoms with Crippen molar-refractivity contribution in [3.05, 3.63) is 82.9 Å². The number of nitrogens with zero attached hydrogens (tertiary/aromatic N) is 4. The largest absolute Gasteiger partial charge is 0.351 e. The van der Waals surface area contributed by atoms with Gasteiger partial charge >= 0.3 is 0 Å². The van der Waals surface area contributed by atoms with Crippen molar-refractivity contribution in [1.29, 1.82) is 0 Å². The lowest BCUT2D eigenvalue weighted by molar-refractivity contribution is 0.0947. The minimum absolute atomic E-state index is 0. The summed E-state index contributed by atoms with van der Waals surface area (Å²) in [6.45, 7) is 9.64. The van der Waals surface area contributed by atoms with E-state index in [1.54, 1.807) is 23.5 Å². The van der Waals surface area contributed by atoms with E-state index in [-0.39, 0.29) is 23.2 Å². The van der Waals surface area contributed by atoms with Crippen LogP contribution in [0.3, 0.4) is 0 Å². The molecule has 1 saturated heterocycles. The van der Waals surface area contributed by atoms with E-state index in [1.807, 2.05) is 24.3 Å². The Kier molecular flexibility index (Phi) is 9.08. The van der Waals surface area contributed by atoms with E-state index < -0.39 is 10.0 Å². The first-order valence-corrected chi connectivity index (χ1v) is 16.4. The van der Waals surface area contributed by atoms with Crippen molar-refractivity contribution in [2.45, 2.75) is 31.6 Å². The van der Waals surface area contributed by atoms with Crippen LogP contribution in [0.5, 0.6) is 0 Å². The number of rotatable bonds is 7. The molecule has 8 nitrogen and oxygen atoms in total. The number of carbonyl (C=O) groups is 1. The topological polar surface area (TPSA) is 85.8 Å². The molecular weight excluding hydrogens is 590 g/mol.